The van der Waals surface area contributed by atoms with Gasteiger partial charge in [0.25, 0.3) is 0 Å². The average molecular weight is 488 g/mol. The van der Waals surface area contributed by atoms with Gasteiger partial charge in [0.1, 0.15) is 0 Å². The van der Waals surface area contributed by atoms with Gasteiger partial charge < -0.3 is 35.5 Å². The van der Waals surface area contributed by atoms with Crippen LogP contribution in [-0.2, 0) is 4.79 Å². The molecule has 5 rings (SSSR count). The number of nitrogens with zero attached hydrogens (tertiary/aromatic N) is 3. The van der Waals surface area contributed by atoms with Crippen LogP contribution in [0.5, 0.6) is 0 Å². The van der Waals surface area contributed by atoms with E-state index in [1.165, 1.54) is 90.6 Å². The first kappa shape index (κ1) is 33.2. The third-order valence-corrected chi connectivity index (χ3v) is 6.40. The molecule has 1 amide bonds. The van der Waals surface area contributed by atoms with Gasteiger partial charge in [-0.3, -0.25) is 4.79 Å². The highest BCUT2D eigenvalue weighted by atomic mass is 16.3. The van der Waals surface area contributed by atoms with Gasteiger partial charge in [-0.15, -0.1) is 0 Å². The van der Waals surface area contributed by atoms with Crippen LogP contribution in [0.15, 0.2) is 0 Å². The van der Waals surface area contributed by atoms with Crippen LogP contribution in [-0.4, -0.2) is 124 Å². The minimum absolute atomic E-state index is 0.204. The summed E-state index contributed by atoms with van der Waals surface area (Å²) in [7, 11) is 6.41. The summed E-state index contributed by atoms with van der Waals surface area (Å²) in [4.78, 5) is 17.1. The van der Waals surface area contributed by atoms with Crippen molar-refractivity contribution in [3.8, 4) is 0 Å². The summed E-state index contributed by atoms with van der Waals surface area (Å²) in [5, 5.41) is 22.2. The summed E-state index contributed by atoms with van der Waals surface area (Å²) in [5.41, 5.74) is 0. The maximum absolute atomic E-state index is 10.1. The Balaban J connectivity index is 0.000000392. The average Bonchev–Trinajstić information content (AvgIpc) is 3.63. The third-order valence-electron chi connectivity index (χ3n) is 6.40. The molecule has 1 unspecified atom stereocenters. The molecule has 204 valence electrons. The van der Waals surface area contributed by atoms with Gasteiger partial charge in [-0.05, 0) is 132 Å². The lowest BCUT2D eigenvalue weighted by molar-refractivity contribution is -0.119. The number of hydrogen-bond acceptors (Lipinski definition) is 7. The second-order valence-corrected chi connectivity index (χ2v) is 9.71. The van der Waals surface area contributed by atoms with Gasteiger partial charge in [0, 0.05) is 25.6 Å². The van der Waals surface area contributed by atoms with Crippen molar-refractivity contribution in [1.82, 2.24) is 25.3 Å². The van der Waals surface area contributed by atoms with Crippen molar-refractivity contribution in [2.75, 3.05) is 86.7 Å². The number of aliphatic hydroxyl groups excluding tert-OH is 2. The maximum Gasteiger partial charge on any atom is 0.220 e. The number of nitrogens with one attached hydrogen (secondary N) is 2. The molecule has 8 heteroatoms. The highest BCUT2D eigenvalue weighted by Crippen LogP contribution is 2.12. The first-order valence-corrected chi connectivity index (χ1v) is 13.7. The standard InChI is InChI=1S/C6H13NO.2C5H11N.C4H7NO.C4H9N.C2H6O/c1-7-4-2-3-6(7)5-8;2*1-6-4-2-3-5-6;6-4-2-1-3-5-4;1-2-4-5-3-1;1-2-3/h6,8H,2-5H2,1H3;2*2-5H2,1H3;1-3H2,(H,5,6);5H,1-4H2;3H,2H2,1H3. The minimum atomic E-state index is 0.204. The van der Waals surface area contributed by atoms with Gasteiger partial charge in [0.2, 0.25) is 5.91 Å². The first-order chi connectivity index (χ1) is 16.4. The van der Waals surface area contributed by atoms with Crippen LogP contribution >= 0.6 is 0 Å². The molecule has 0 bridgehead atoms. The molecular formula is C26H57N5O3. The monoisotopic (exact) mass is 487 g/mol. The minimum Gasteiger partial charge on any atom is -0.397 e. The first-order valence-electron chi connectivity index (χ1n) is 13.7. The Labute approximate surface area is 210 Å². The zero-order chi connectivity index (χ0) is 25.4. The predicted octanol–water partition coefficient (Wildman–Crippen LogP) is 1.76. The van der Waals surface area contributed by atoms with Crippen molar-refractivity contribution < 1.29 is 15.0 Å². The number of aliphatic hydroxyl groups is 2. The number of carbonyl (C=O) groups is 1. The molecule has 5 fully saturated rings. The normalized spacial score (nSPS) is 24.2. The van der Waals surface area contributed by atoms with E-state index in [-0.39, 0.29) is 12.5 Å². The Hall–Kier alpha value is -0.770. The Morgan fingerprint density at radius 2 is 1.26 bits per heavy atom. The Morgan fingerprint density at radius 3 is 1.41 bits per heavy atom. The molecule has 1 atom stereocenters. The quantitative estimate of drug-likeness (QED) is 0.448. The molecular weight excluding hydrogens is 430 g/mol. The van der Waals surface area contributed by atoms with Gasteiger partial charge >= 0.3 is 0 Å². The number of likely N-dealkylation sites (tertiary alicyclic amines) is 3. The number of rotatable bonds is 1. The van der Waals surface area contributed by atoms with E-state index in [0.29, 0.717) is 12.6 Å². The van der Waals surface area contributed by atoms with Crippen molar-refractivity contribution >= 4 is 5.91 Å². The molecule has 8 nitrogen and oxygen atoms in total. The fraction of sp³-hybridized carbons (Fsp3) is 0.962. The van der Waals surface area contributed by atoms with Crippen LogP contribution in [0.25, 0.3) is 0 Å². The number of amides is 1. The fourth-order valence-corrected chi connectivity index (χ4v) is 4.15. The van der Waals surface area contributed by atoms with Crippen molar-refractivity contribution in [2.24, 2.45) is 0 Å². The third kappa shape index (κ3) is 20.6. The van der Waals surface area contributed by atoms with E-state index in [4.69, 9.17) is 10.2 Å². The molecule has 5 heterocycles. The van der Waals surface area contributed by atoms with Crippen LogP contribution in [0.1, 0.15) is 71.1 Å². The Morgan fingerprint density at radius 1 is 0.765 bits per heavy atom. The van der Waals surface area contributed by atoms with Crippen LogP contribution in [0, 0.1) is 0 Å². The smallest absolute Gasteiger partial charge is 0.220 e. The summed E-state index contributed by atoms with van der Waals surface area (Å²) in [6.45, 7) is 12.1. The van der Waals surface area contributed by atoms with Gasteiger partial charge in [0.05, 0.1) is 6.61 Å². The Bertz CT molecular complexity index is 411. The summed E-state index contributed by atoms with van der Waals surface area (Å²) < 4.78 is 0. The lowest BCUT2D eigenvalue weighted by Crippen LogP contribution is -2.27. The van der Waals surface area contributed by atoms with Crippen molar-refractivity contribution in [3.05, 3.63) is 0 Å². The van der Waals surface area contributed by atoms with Gasteiger partial charge in [-0.25, -0.2) is 0 Å². The fourth-order valence-electron chi connectivity index (χ4n) is 4.15. The van der Waals surface area contributed by atoms with Crippen LogP contribution in [0.4, 0.5) is 0 Å². The molecule has 4 N–H and O–H groups in total. The molecule has 0 aromatic rings. The zero-order valence-electron chi connectivity index (χ0n) is 22.9. The molecule has 0 aromatic carbocycles. The van der Waals surface area contributed by atoms with Gasteiger partial charge in [-0.2, -0.15) is 0 Å². The predicted molar refractivity (Wildman–Crippen MR) is 143 cm³/mol. The van der Waals surface area contributed by atoms with E-state index in [1.54, 1.807) is 6.92 Å². The second-order valence-electron chi connectivity index (χ2n) is 9.71. The van der Waals surface area contributed by atoms with E-state index in [0.717, 1.165) is 25.9 Å². The van der Waals surface area contributed by atoms with Crippen LogP contribution < -0.4 is 10.6 Å². The van der Waals surface area contributed by atoms with Crippen molar-refractivity contribution in [1.29, 1.82) is 0 Å². The molecule has 0 aliphatic carbocycles. The largest absolute Gasteiger partial charge is 0.397 e. The molecule has 0 saturated carbocycles. The molecule has 34 heavy (non-hydrogen) atoms. The van der Waals surface area contributed by atoms with Gasteiger partial charge in [0.15, 0.2) is 0 Å². The van der Waals surface area contributed by atoms with Gasteiger partial charge in [-0.1, -0.05) is 0 Å². The van der Waals surface area contributed by atoms with E-state index in [9.17, 15) is 4.79 Å². The topological polar surface area (TPSA) is 91.3 Å². The summed E-state index contributed by atoms with van der Waals surface area (Å²) >= 11 is 0. The molecule has 5 aliphatic rings. The van der Waals surface area contributed by atoms with Crippen LogP contribution in [0.3, 0.4) is 0 Å². The van der Waals surface area contributed by atoms with E-state index in [2.05, 4.69) is 46.5 Å². The maximum atomic E-state index is 10.1. The van der Waals surface area contributed by atoms with Crippen molar-refractivity contribution in [3.63, 3.8) is 0 Å². The van der Waals surface area contributed by atoms with E-state index in [1.807, 2.05) is 0 Å². The summed E-state index contributed by atoms with van der Waals surface area (Å²) in [5.74, 6) is 0.204. The van der Waals surface area contributed by atoms with Crippen molar-refractivity contribution in [2.45, 2.75) is 77.2 Å². The Kier molecular flexibility index (Phi) is 23.4. The molecule has 0 spiro atoms. The van der Waals surface area contributed by atoms with E-state index < -0.39 is 0 Å². The van der Waals surface area contributed by atoms with E-state index >= 15 is 0 Å². The lowest BCUT2D eigenvalue weighted by Gasteiger charge is -2.15. The molecule has 0 radical (unpaired) electrons. The molecule has 5 saturated heterocycles. The lowest BCUT2D eigenvalue weighted by atomic mass is 10.2. The molecule has 0 aromatic heterocycles. The SMILES string of the molecule is C1CCNC1.CCO.CN1CCCC1.CN1CCCC1.CN1CCCC1CO.O=C1CCCN1. The number of hydrogen-bond donors (Lipinski definition) is 4. The highest BCUT2D eigenvalue weighted by Gasteiger charge is 2.18. The highest BCUT2D eigenvalue weighted by molar-refractivity contribution is 5.77. The summed E-state index contributed by atoms with van der Waals surface area (Å²) in [6, 6.07) is 0.454. The van der Waals surface area contributed by atoms with Crippen LogP contribution in [0.2, 0.25) is 0 Å². The zero-order valence-corrected chi connectivity index (χ0v) is 22.9. The number of likely N-dealkylation sites (N-methyl/N-ethyl adjacent to an activating group) is 1. The number of carbonyl (C=O) groups excluding carboxylic acids is 1. The summed E-state index contributed by atoms with van der Waals surface area (Å²) in [6.07, 6.45) is 12.6. The molecule has 5 aliphatic heterocycles. The second kappa shape index (κ2) is 23.9.